The minimum atomic E-state index is -0.508. The average molecular weight is 411 g/mol. The summed E-state index contributed by atoms with van der Waals surface area (Å²) >= 11 is 0. The Kier molecular flexibility index (Phi) is 7.24. The molecule has 2 aromatic carbocycles. The first-order chi connectivity index (χ1) is 14.3. The second-order valence-corrected chi connectivity index (χ2v) is 8.54. The summed E-state index contributed by atoms with van der Waals surface area (Å²) in [7, 11) is 0. The molecule has 0 aromatic heterocycles. The minimum absolute atomic E-state index is 0.0514. The molecule has 1 heterocycles. The Morgan fingerprint density at radius 2 is 1.63 bits per heavy atom. The lowest BCUT2D eigenvalue weighted by atomic mass is 9.87. The van der Waals surface area contributed by atoms with Crippen molar-refractivity contribution < 1.29 is 19.1 Å². The molecular weight excluding hydrogens is 380 g/mol. The van der Waals surface area contributed by atoms with Crippen LogP contribution in [0.4, 0.5) is 5.69 Å². The number of nitrogens with one attached hydrogen (secondary N) is 1. The van der Waals surface area contributed by atoms with Crippen molar-refractivity contribution in [1.82, 2.24) is 4.90 Å². The molecule has 30 heavy (non-hydrogen) atoms. The third kappa shape index (κ3) is 6.40. The van der Waals surface area contributed by atoms with Gasteiger partial charge in [-0.2, -0.15) is 0 Å². The van der Waals surface area contributed by atoms with E-state index in [9.17, 15) is 9.59 Å². The number of amides is 1. The molecular formula is C24H30N2O4. The molecule has 0 aliphatic carbocycles. The van der Waals surface area contributed by atoms with Crippen LogP contribution >= 0.6 is 0 Å². The Bertz CT molecular complexity index is 848. The van der Waals surface area contributed by atoms with E-state index in [2.05, 4.69) is 31.0 Å². The fourth-order valence-corrected chi connectivity index (χ4v) is 3.23. The van der Waals surface area contributed by atoms with Gasteiger partial charge in [-0.1, -0.05) is 45.0 Å². The predicted molar refractivity (Wildman–Crippen MR) is 117 cm³/mol. The van der Waals surface area contributed by atoms with E-state index in [4.69, 9.17) is 9.47 Å². The van der Waals surface area contributed by atoms with Crippen molar-refractivity contribution in [2.24, 2.45) is 0 Å². The van der Waals surface area contributed by atoms with Crippen molar-refractivity contribution in [2.75, 3.05) is 38.2 Å². The number of benzene rings is 2. The third-order valence-corrected chi connectivity index (χ3v) is 5.07. The van der Waals surface area contributed by atoms with Crippen molar-refractivity contribution in [3.63, 3.8) is 0 Å². The molecule has 0 spiro atoms. The zero-order chi connectivity index (χ0) is 21.6. The Labute approximate surface area is 178 Å². The van der Waals surface area contributed by atoms with Crippen LogP contribution in [0.1, 0.15) is 42.3 Å². The van der Waals surface area contributed by atoms with Gasteiger partial charge in [0.1, 0.15) is 0 Å². The Hall–Kier alpha value is -2.70. The van der Waals surface area contributed by atoms with Gasteiger partial charge in [0.05, 0.1) is 18.8 Å². The molecule has 0 atom stereocenters. The number of carbonyl (C=O) groups excluding carboxylic acids is 2. The van der Waals surface area contributed by atoms with Crippen molar-refractivity contribution in [1.29, 1.82) is 0 Å². The third-order valence-electron chi connectivity index (χ3n) is 5.07. The molecule has 0 radical (unpaired) electrons. The lowest BCUT2D eigenvalue weighted by Crippen LogP contribution is -2.35. The highest BCUT2D eigenvalue weighted by Crippen LogP contribution is 2.23. The number of nitrogens with zero attached hydrogens (tertiary/aromatic N) is 1. The Morgan fingerprint density at radius 1 is 1.00 bits per heavy atom. The number of carbonyl (C=O) groups is 2. The Balaban J connectivity index is 1.45. The van der Waals surface area contributed by atoms with Crippen LogP contribution in [0, 0.1) is 0 Å². The summed E-state index contributed by atoms with van der Waals surface area (Å²) in [5.74, 6) is -0.873. The highest BCUT2D eigenvalue weighted by Gasteiger charge is 2.15. The van der Waals surface area contributed by atoms with Crippen molar-refractivity contribution in [3.05, 3.63) is 65.2 Å². The first-order valence-electron chi connectivity index (χ1n) is 10.3. The van der Waals surface area contributed by atoms with Gasteiger partial charge < -0.3 is 14.8 Å². The fraction of sp³-hybridized carbons (Fsp3) is 0.417. The average Bonchev–Trinajstić information content (AvgIpc) is 2.73. The number of morpholine rings is 1. The van der Waals surface area contributed by atoms with Crippen LogP contribution in [0.3, 0.4) is 0 Å². The van der Waals surface area contributed by atoms with Crippen molar-refractivity contribution >= 4 is 17.6 Å². The second kappa shape index (κ2) is 9.87. The largest absolute Gasteiger partial charge is 0.452 e. The van der Waals surface area contributed by atoms with Gasteiger partial charge in [-0.25, -0.2) is 4.79 Å². The SMILES string of the molecule is CC(C)(C)c1ccc(NC(=O)COC(=O)c2ccc(CN3CCOCC3)cc2)cc1. The molecule has 6 heteroatoms. The van der Waals surface area contributed by atoms with E-state index in [1.54, 1.807) is 12.1 Å². The zero-order valence-corrected chi connectivity index (χ0v) is 17.9. The number of anilines is 1. The molecule has 3 rings (SSSR count). The molecule has 0 unspecified atom stereocenters. The van der Waals surface area contributed by atoms with Gasteiger partial charge >= 0.3 is 5.97 Å². The van der Waals surface area contributed by atoms with Crippen molar-refractivity contribution in [3.8, 4) is 0 Å². The maximum Gasteiger partial charge on any atom is 0.338 e. The summed E-state index contributed by atoms with van der Waals surface area (Å²) in [5.41, 5.74) is 3.48. The van der Waals surface area contributed by atoms with Crippen LogP contribution in [0.2, 0.25) is 0 Å². The van der Waals surface area contributed by atoms with Crippen LogP contribution in [0.15, 0.2) is 48.5 Å². The molecule has 6 nitrogen and oxygen atoms in total. The molecule has 1 N–H and O–H groups in total. The molecule has 0 saturated carbocycles. The van der Waals surface area contributed by atoms with Gasteiger partial charge in [0.15, 0.2) is 6.61 Å². The van der Waals surface area contributed by atoms with E-state index >= 15 is 0 Å². The maximum absolute atomic E-state index is 12.2. The number of esters is 1. The van der Waals surface area contributed by atoms with E-state index < -0.39 is 5.97 Å². The molecule has 160 valence electrons. The van der Waals surface area contributed by atoms with Crippen LogP contribution in [-0.2, 0) is 26.2 Å². The van der Waals surface area contributed by atoms with E-state index in [1.165, 1.54) is 5.56 Å². The molecule has 1 fully saturated rings. The quantitative estimate of drug-likeness (QED) is 0.737. The predicted octanol–water partition coefficient (Wildman–Crippen LogP) is 3.61. The van der Waals surface area contributed by atoms with E-state index in [0.29, 0.717) is 11.3 Å². The fourth-order valence-electron chi connectivity index (χ4n) is 3.23. The minimum Gasteiger partial charge on any atom is -0.452 e. The van der Waals surface area contributed by atoms with Gasteiger partial charge in [0, 0.05) is 25.3 Å². The van der Waals surface area contributed by atoms with Gasteiger partial charge in [-0.05, 0) is 40.8 Å². The summed E-state index contributed by atoms with van der Waals surface area (Å²) < 4.78 is 10.5. The summed E-state index contributed by atoms with van der Waals surface area (Å²) in [4.78, 5) is 26.6. The number of hydrogen-bond donors (Lipinski definition) is 1. The summed E-state index contributed by atoms with van der Waals surface area (Å²) in [6, 6.07) is 15.0. The lowest BCUT2D eigenvalue weighted by Gasteiger charge is -2.26. The molecule has 1 aliphatic heterocycles. The first-order valence-corrected chi connectivity index (χ1v) is 10.3. The monoisotopic (exact) mass is 410 g/mol. The van der Waals surface area contributed by atoms with Crippen molar-refractivity contribution in [2.45, 2.75) is 32.7 Å². The first kappa shape index (κ1) is 22.0. The lowest BCUT2D eigenvalue weighted by molar-refractivity contribution is -0.119. The maximum atomic E-state index is 12.2. The molecule has 2 aromatic rings. The zero-order valence-electron chi connectivity index (χ0n) is 17.9. The van der Waals surface area contributed by atoms with Gasteiger partial charge in [0.25, 0.3) is 5.91 Å². The van der Waals surface area contributed by atoms with Crippen LogP contribution < -0.4 is 5.32 Å². The van der Waals surface area contributed by atoms with Gasteiger partial charge in [-0.15, -0.1) is 0 Å². The van der Waals surface area contributed by atoms with Crippen LogP contribution in [-0.4, -0.2) is 49.7 Å². The highest BCUT2D eigenvalue weighted by molar-refractivity contribution is 5.95. The van der Waals surface area contributed by atoms with E-state index in [-0.39, 0.29) is 17.9 Å². The molecule has 1 saturated heterocycles. The van der Waals surface area contributed by atoms with Gasteiger partial charge in [-0.3, -0.25) is 9.69 Å². The van der Waals surface area contributed by atoms with Gasteiger partial charge in [0.2, 0.25) is 0 Å². The molecule has 1 aliphatic rings. The van der Waals surface area contributed by atoms with E-state index in [1.807, 2.05) is 36.4 Å². The molecule has 0 bridgehead atoms. The summed E-state index contributed by atoms with van der Waals surface area (Å²) in [5, 5.41) is 2.75. The highest BCUT2D eigenvalue weighted by atomic mass is 16.5. The van der Waals surface area contributed by atoms with Crippen LogP contribution in [0.5, 0.6) is 0 Å². The van der Waals surface area contributed by atoms with Crippen LogP contribution in [0.25, 0.3) is 0 Å². The number of hydrogen-bond acceptors (Lipinski definition) is 5. The topological polar surface area (TPSA) is 67.9 Å². The number of ether oxygens (including phenoxy) is 2. The standard InChI is InChI=1S/C24H30N2O4/c1-24(2,3)20-8-10-21(11-9-20)25-22(27)17-30-23(28)19-6-4-18(5-7-19)16-26-12-14-29-15-13-26/h4-11H,12-17H2,1-3H3,(H,25,27). The Morgan fingerprint density at radius 3 is 2.23 bits per heavy atom. The summed E-state index contributed by atoms with van der Waals surface area (Å²) in [6.07, 6.45) is 0. The second-order valence-electron chi connectivity index (χ2n) is 8.54. The normalized spacial score (nSPS) is 14.9. The smallest absolute Gasteiger partial charge is 0.338 e. The van der Waals surface area contributed by atoms with E-state index in [0.717, 1.165) is 38.4 Å². The number of rotatable bonds is 6. The molecule has 1 amide bonds. The summed E-state index contributed by atoms with van der Waals surface area (Å²) in [6.45, 7) is 10.3.